The van der Waals surface area contributed by atoms with Crippen LogP contribution in [-0.2, 0) is 14.5 Å². The number of halogens is 2. The van der Waals surface area contributed by atoms with E-state index in [1.807, 2.05) is 0 Å². The fourth-order valence-electron chi connectivity index (χ4n) is 1.04. The van der Waals surface area contributed by atoms with Crippen LogP contribution in [0.15, 0.2) is 12.7 Å². The summed E-state index contributed by atoms with van der Waals surface area (Å²) in [5.74, 6) is -1.50. The van der Waals surface area contributed by atoms with Crippen molar-refractivity contribution in [3.05, 3.63) is 12.7 Å². The van der Waals surface area contributed by atoms with Crippen molar-refractivity contribution in [2.45, 2.75) is 24.9 Å². The molecule has 2 atom stereocenters. The Hall–Kier alpha value is 0.200. The van der Waals surface area contributed by atoms with Crippen LogP contribution in [0.4, 0.5) is 0 Å². The summed E-state index contributed by atoms with van der Waals surface area (Å²) in [6, 6.07) is 0. The summed E-state index contributed by atoms with van der Waals surface area (Å²) in [6.45, 7) is 5.28. The third-order valence-corrected chi connectivity index (χ3v) is 2.57. The lowest BCUT2D eigenvalue weighted by Gasteiger charge is -2.22. The van der Waals surface area contributed by atoms with Gasteiger partial charge in [-0.1, -0.05) is 6.08 Å². The zero-order valence-corrected chi connectivity index (χ0v) is 8.90. The molecule has 0 aromatic rings. The molecule has 1 aliphatic heterocycles. The molecule has 1 aliphatic rings. The largest absolute Gasteiger partial charge is 0.310 e. The maximum Gasteiger partial charge on any atom is 0.221 e. The van der Waals surface area contributed by atoms with Gasteiger partial charge in [0.05, 0.1) is 11.8 Å². The summed E-state index contributed by atoms with van der Waals surface area (Å²) in [6.07, 6.45) is 2.12. The molecular weight excluding hydrogens is 215 g/mol. The first-order chi connectivity index (χ1) is 6.10. The predicted octanol–water partition coefficient (Wildman–Crippen LogP) is 2.43. The van der Waals surface area contributed by atoms with E-state index in [1.54, 1.807) is 13.0 Å². The molecular formula is C8H12Cl2O3. The fraction of sp³-hybridized carbons (Fsp3) is 0.750. The zero-order valence-electron chi connectivity index (χ0n) is 7.39. The monoisotopic (exact) mass is 226 g/mol. The van der Waals surface area contributed by atoms with Crippen molar-refractivity contribution in [1.29, 1.82) is 0 Å². The number of ether oxygens (including phenoxy) is 1. The smallest absolute Gasteiger partial charge is 0.221 e. The Morgan fingerprint density at radius 1 is 1.31 bits per heavy atom. The molecule has 0 N–H and O–H groups in total. The minimum Gasteiger partial charge on any atom is -0.310 e. The molecule has 2 unspecified atom stereocenters. The Kier molecular flexibility index (Phi) is 3.60. The van der Waals surface area contributed by atoms with E-state index < -0.39 is 11.6 Å². The molecule has 0 radical (unpaired) electrons. The molecule has 13 heavy (non-hydrogen) atoms. The van der Waals surface area contributed by atoms with Gasteiger partial charge in [0.2, 0.25) is 11.6 Å². The Morgan fingerprint density at radius 3 is 2.38 bits per heavy atom. The summed E-state index contributed by atoms with van der Waals surface area (Å²) < 4.78 is 5.50. The highest BCUT2D eigenvalue weighted by atomic mass is 35.5. The van der Waals surface area contributed by atoms with Crippen molar-refractivity contribution in [2.24, 2.45) is 0 Å². The molecule has 1 saturated heterocycles. The van der Waals surface area contributed by atoms with Gasteiger partial charge in [-0.25, -0.2) is 0 Å². The quantitative estimate of drug-likeness (QED) is 0.419. The van der Waals surface area contributed by atoms with Crippen LogP contribution < -0.4 is 0 Å². The van der Waals surface area contributed by atoms with E-state index in [-0.39, 0.29) is 11.8 Å². The van der Waals surface area contributed by atoms with Crippen molar-refractivity contribution in [1.82, 2.24) is 0 Å². The molecule has 0 spiro atoms. The van der Waals surface area contributed by atoms with Crippen LogP contribution in [0, 0.1) is 0 Å². The number of rotatable bonds is 4. The molecule has 0 amide bonds. The standard InChI is InChI=1S/C8H12Cl2O3/c1-3-4-8(6-10)11-7(2,5-9)12-13-8/h3H,1,4-6H2,2H3. The lowest BCUT2D eigenvalue weighted by atomic mass is 10.2. The van der Waals surface area contributed by atoms with E-state index in [0.29, 0.717) is 6.42 Å². The molecule has 1 fully saturated rings. The molecule has 1 rings (SSSR count). The van der Waals surface area contributed by atoms with E-state index in [1.165, 1.54) is 0 Å². The maximum absolute atomic E-state index is 5.71. The fourth-order valence-corrected chi connectivity index (χ4v) is 1.35. The highest BCUT2D eigenvalue weighted by Gasteiger charge is 2.48. The SMILES string of the molecule is C=CCC1(CCl)OOC(C)(CCl)O1. The van der Waals surface area contributed by atoms with Gasteiger partial charge in [-0.2, -0.15) is 9.78 Å². The Labute approximate surface area is 87.5 Å². The van der Waals surface area contributed by atoms with Crippen LogP contribution in [0.25, 0.3) is 0 Å². The van der Waals surface area contributed by atoms with E-state index in [0.717, 1.165) is 0 Å². The van der Waals surface area contributed by atoms with Gasteiger partial charge >= 0.3 is 0 Å². The van der Waals surface area contributed by atoms with Crippen LogP contribution in [0.1, 0.15) is 13.3 Å². The van der Waals surface area contributed by atoms with E-state index in [2.05, 4.69) is 6.58 Å². The van der Waals surface area contributed by atoms with E-state index in [9.17, 15) is 0 Å². The molecule has 3 nitrogen and oxygen atoms in total. The second-order valence-corrected chi connectivity index (χ2v) is 3.61. The van der Waals surface area contributed by atoms with E-state index in [4.69, 9.17) is 37.7 Å². The van der Waals surface area contributed by atoms with Gasteiger partial charge in [-0.15, -0.1) is 29.8 Å². The van der Waals surface area contributed by atoms with Gasteiger partial charge in [-0.05, 0) is 6.92 Å². The van der Waals surface area contributed by atoms with Crippen molar-refractivity contribution >= 4 is 23.2 Å². The predicted molar refractivity (Wildman–Crippen MR) is 50.6 cm³/mol. The molecule has 0 bridgehead atoms. The van der Waals surface area contributed by atoms with E-state index >= 15 is 0 Å². The van der Waals surface area contributed by atoms with Gasteiger partial charge < -0.3 is 4.74 Å². The summed E-state index contributed by atoms with van der Waals surface area (Å²) in [7, 11) is 0. The lowest BCUT2D eigenvalue weighted by Crippen LogP contribution is -2.37. The first-order valence-corrected chi connectivity index (χ1v) is 4.96. The highest BCUT2D eigenvalue weighted by Crippen LogP contribution is 2.36. The highest BCUT2D eigenvalue weighted by molar-refractivity contribution is 6.19. The molecule has 0 aliphatic carbocycles. The number of alkyl halides is 2. The third kappa shape index (κ3) is 2.36. The van der Waals surface area contributed by atoms with Crippen LogP contribution in [0.3, 0.4) is 0 Å². The topological polar surface area (TPSA) is 27.7 Å². The molecule has 0 aromatic heterocycles. The lowest BCUT2D eigenvalue weighted by molar-refractivity contribution is -0.338. The van der Waals surface area contributed by atoms with Crippen molar-refractivity contribution in [3.63, 3.8) is 0 Å². The summed E-state index contributed by atoms with van der Waals surface area (Å²) in [5, 5.41) is 0. The minimum atomic E-state index is -0.938. The molecule has 0 saturated carbocycles. The van der Waals surface area contributed by atoms with Crippen LogP contribution in [0.5, 0.6) is 0 Å². The second-order valence-electron chi connectivity index (χ2n) is 3.07. The van der Waals surface area contributed by atoms with Crippen molar-refractivity contribution < 1.29 is 14.5 Å². The van der Waals surface area contributed by atoms with Gasteiger partial charge in [0.25, 0.3) is 0 Å². The summed E-state index contributed by atoms with van der Waals surface area (Å²) >= 11 is 11.3. The molecule has 76 valence electrons. The second kappa shape index (κ2) is 4.15. The Bertz CT molecular complexity index is 200. The summed E-state index contributed by atoms with van der Waals surface area (Å²) in [5.41, 5.74) is 0. The van der Waals surface area contributed by atoms with Gasteiger partial charge in [0.1, 0.15) is 0 Å². The van der Waals surface area contributed by atoms with Crippen LogP contribution in [-0.4, -0.2) is 23.3 Å². The van der Waals surface area contributed by atoms with Crippen LogP contribution in [0.2, 0.25) is 0 Å². The molecule has 5 heteroatoms. The first kappa shape index (κ1) is 11.3. The Morgan fingerprint density at radius 2 is 2.00 bits per heavy atom. The average Bonchev–Trinajstić information content (AvgIpc) is 2.47. The third-order valence-electron chi connectivity index (χ3n) is 1.67. The van der Waals surface area contributed by atoms with Gasteiger partial charge in [0.15, 0.2) is 0 Å². The summed E-state index contributed by atoms with van der Waals surface area (Å²) in [4.78, 5) is 9.99. The number of hydrogen-bond donors (Lipinski definition) is 0. The Balaban J connectivity index is 2.67. The zero-order chi connectivity index (χ0) is 9.95. The van der Waals surface area contributed by atoms with Crippen LogP contribution >= 0.6 is 23.2 Å². The normalized spacial score (nSPS) is 39.3. The first-order valence-electron chi connectivity index (χ1n) is 3.89. The molecule has 1 heterocycles. The average molecular weight is 227 g/mol. The molecule has 0 aromatic carbocycles. The van der Waals surface area contributed by atoms with Gasteiger partial charge in [-0.3, -0.25) is 0 Å². The van der Waals surface area contributed by atoms with Gasteiger partial charge in [0, 0.05) is 6.42 Å². The van der Waals surface area contributed by atoms with Crippen molar-refractivity contribution in [3.8, 4) is 0 Å². The van der Waals surface area contributed by atoms with Crippen molar-refractivity contribution in [2.75, 3.05) is 11.8 Å². The maximum atomic E-state index is 5.71. The number of hydrogen-bond acceptors (Lipinski definition) is 3. The minimum absolute atomic E-state index is 0.172.